The first-order valence-electron chi connectivity index (χ1n) is 4.86. The fourth-order valence-corrected chi connectivity index (χ4v) is 1.30. The molecule has 0 radical (unpaired) electrons. The van der Waals surface area contributed by atoms with Crippen molar-refractivity contribution in [1.82, 2.24) is 9.97 Å². The van der Waals surface area contributed by atoms with E-state index in [2.05, 4.69) is 16.9 Å². The van der Waals surface area contributed by atoms with Crippen LogP contribution in [0, 0.1) is 0 Å². The van der Waals surface area contributed by atoms with Crippen molar-refractivity contribution < 1.29 is 4.74 Å². The molecule has 4 nitrogen and oxygen atoms in total. The van der Waals surface area contributed by atoms with Gasteiger partial charge in [0.1, 0.15) is 6.10 Å². The van der Waals surface area contributed by atoms with Crippen LogP contribution in [-0.2, 0) is 11.3 Å². The number of methoxy groups -OCH3 is 1. The fourth-order valence-electron chi connectivity index (χ4n) is 1.30. The number of rotatable bonds is 5. The predicted octanol–water partition coefficient (Wildman–Crippen LogP) is 1.42. The third kappa shape index (κ3) is 2.75. The highest BCUT2D eigenvalue weighted by Gasteiger charge is 2.12. The van der Waals surface area contributed by atoms with Gasteiger partial charge in [-0.1, -0.05) is 13.3 Å². The third-order valence-electron chi connectivity index (χ3n) is 2.06. The highest BCUT2D eigenvalue weighted by molar-refractivity contribution is 5.03. The van der Waals surface area contributed by atoms with E-state index in [1.165, 1.54) is 0 Å². The first-order chi connectivity index (χ1) is 6.81. The summed E-state index contributed by atoms with van der Waals surface area (Å²) < 4.78 is 5.31. The lowest BCUT2D eigenvalue weighted by Gasteiger charge is -2.12. The molecule has 0 fully saturated rings. The van der Waals surface area contributed by atoms with E-state index < -0.39 is 0 Å². The van der Waals surface area contributed by atoms with Crippen LogP contribution >= 0.6 is 0 Å². The Balaban J connectivity index is 2.80. The number of aromatic nitrogens is 2. The maximum absolute atomic E-state index is 5.50. The van der Waals surface area contributed by atoms with E-state index in [4.69, 9.17) is 10.5 Å². The molecule has 0 spiro atoms. The van der Waals surface area contributed by atoms with Gasteiger partial charge in [-0.2, -0.15) is 0 Å². The molecule has 1 heterocycles. The van der Waals surface area contributed by atoms with Crippen molar-refractivity contribution in [3.8, 4) is 0 Å². The highest BCUT2D eigenvalue weighted by atomic mass is 16.5. The van der Waals surface area contributed by atoms with Gasteiger partial charge < -0.3 is 10.5 Å². The number of ether oxygens (including phenoxy) is 1. The van der Waals surface area contributed by atoms with Crippen molar-refractivity contribution in [2.75, 3.05) is 7.11 Å². The van der Waals surface area contributed by atoms with Crippen LogP contribution in [0.1, 0.15) is 37.4 Å². The van der Waals surface area contributed by atoms with E-state index in [1.54, 1.807) is 13.3 Å². The summed E-state index contributed by atoms with van der Waals surface area (Å²) in [5.74, 6) is 0.734. The third-order valence-corrected chi connectivity index (χ3v) is 2.06. The molecule has 0 amide bonds. The quantitative estimate of drug-likeness (QED) is 0.772. The topological polar surface area (TPSA) is 61.0 Å². The summed E-state index contributed by atoms with van der Waals surface area (Å²) in [4.78, 5) is 8.51. The Labute approximate surface area is 84.5 Å². The van der Waals surface area contributed by atoms with Gasteiger partial charge in [0.05, 0.1) is 5.69 Å². The van der Waals surface area contributed by atoms with Gasteiger partial charge in [-0.25, -0.2) is 9.97 Å². The van der Waals surface area contributed by atoms with Crippen LogP contribution in [0.15, 0.2) is 12.3 Å². The molecule has 0 saturated carbocycles. The Morgan fingerprint density at radius 3 is 2.93 bits per heavy atom. The zero-order chi connectivity index (χ0) is 10.4. The Morgan fingerprint density at radius 2 is 2.36 bits per heavy atom. The number of hydrogen-bond acceptors (Lipinski definition) is 4. The molecule has 78 valence electrons. The normalized spacial score (nSPS) is 12.8. The van der Waals surface area contributed by atoms with E-state index in [-0.39, 0.29) is 6.10 Å². The van der Waals surface area contributed by atoms with E-state index >= 15 is 0 Å². The molecule has 0 saturated heterocycles. The van der Waals surface area contributed by atoms with Crippen LogP contribution < -0.4 is 5.73 Å². The molecule has 1 aromatic heterocycles. The summed E-state index contributed by atoms with van der Waals surface area (Å²) in [5, 5.41) is 0. The minimum Gasteiger partial charge on any atom is -0.373 e. The van der Waals surface area contributed by atoms with Crippen molar-refractivity contribution in [2.45, 2.75) is 32.4 Å². The lowest BCUT2D eigenvalue weighted by Crippen LogP contribution is -2.09. The molecule has 0 aliphatic rings. The van der Waals surface area contributed by atoms with Crippen LogP contribution in [-0.4, -0.2) is 17.1 Å². The fraction of sp³-hybridized carbons (Fsp3) is 0.600. The summed E-state index contributed by atoms with van der Waals surface area (Å²) in [5.41, 5.74) is 6.36. The molecule has 1 unspecified atom stereocenters. The average Bonchev–Trinajstić information content (AvgIpc) is 2.26. The van der Waals surface area contributed by atoms with E-state index in [0.717, 1.165) is 24.4 Å². The van der Waals surface area contributed by atoms with Gasteiger partial charge in [0.25, 0.3) is 0 Å². The molecular weight excluding hydrogens is 178 g/mol. The van der Waals surface area contributed by atoms with Gasteiger partial charge in [-0.15, -0.1) is 0 Å². The predicted molar refractivity (Wildman–Crippen MR) is 54.6 cm³/mol. The largest absolute Gasteiger partial charge is 0.373 e. The monoisotopic (exact) mass is 195 g/mol. The molecule has 2 N–H and O–H groups in total. The minimum atomic E-state index is -0.00787. The summed E-state index contributed by atoms with van der Waals surface area (Å²) >= 11 is 0. The first kappa shape index (κ1) is 11.1. The Morgan fingerprint density at radius 1 is 1.57 bits per heavy atom. The van der Waals surface area contributed by atoms with Crippen LogP contribution in [0.5, 0.6) is 0 Å². The lowest BCUT2D eigenvalue weighted by molar-refractivity contribution is 0.0874. The second-order valence-electron chi connectivity index (χ2n) is 3.12. The maximum Gasteiger partial charge on any atom is 0.157 e. The lowest BCUT2D eigenvalue weighted by atomic mass is 10.2. The number of nitrogens with zero attached hydrogens (tertiary/aromatic N) is 2. The molecule has 0 aromatic carbocycles. The Hall–Kier alpha value is -1.00. The van der Waals surface area contributed by atoms with Crippen LogP contribution in [0.3, 0.4) is 0 Å². The molecule has 1 rings (SSSR count). The van der Waals surface area contributed by atoms with E-state index in [0.29, 0.717) is 6.54 Å². The zero-order valence-corrected chi connectivity index (χ0v) is 8.73. The van der Waals surface area contributed by atoms with Gasteiger partial charge in [-0.05, 0) is 12.5 Å². The molecule has 0 aliphatic heterocycles. The minimum absolute atomic E-state index is 0.00787. The maximum atomic E-state index is 5.50. The van der Waals surface area contributed by atoms with Crippen molar-refractivity contribution in [1.29, 1.82) is 0 Å². The molecule has 0 bridgehead atoms. The van der Waals surface area contributed by atoms with Crippen LogP contribution in [0.4, 0.5) is 0 Å². The summed E-state index contributed by atoms with van der Waals surface area (Å²) in [6.45, 7) is 2.55. The van der Waals surface area contributed by atoms with Crippen molar-refractivity contribution in [2.24, 2.45) is 5.73 Å². The smallest absolute Gasteiger partial charge is 0.157 e. The van der Waals surface area contributed by atoms with E-state index in [9.17, 15) is 0 Å². The molecule has 1 aromatic rings. The Bertz CT molecular complexity index is 278. The molecule has 14 heavy (non-hydrogen) atoms. The van der Waals surface area contributed by atoms with Gasteiger partial charge >= 0.3 is 0 Å². The van der Waals surface area contributed by atoms with Gasteiger partial charge in [0.15, 0.2) is 5.82 Å². The summed E-state index contributed by atoms with van der Waals surface area (Å²) in [7, 11) is 1.68. The van der Waals surface area contributed by atoms with Gasteiger partial charge in [0.2, 0.25) is 0 Å². The summed E-state index contributed by atoms with van der Waals surface area (Å²) in [6, 6.07) is 1.82. The zero-order valence-electron chi connectivity index (χ0n) is 8.73. The average molecular weight is 195 g/mol. The molecular formula is C10H17N3O. The standard InChI is InChI=1S/C10H17N3O/c1-3-4-9(14-2)10-12-6-5-8(7-11)13-10/h5-6,9H,3-4,7,11H2,1-2H3. The molecule has 1 atom stereocenters. The van der Waals surface area contributed by atoms with Crippen molar-refractivity contribution in [3.63, 3.8) is 0 Å². The summed E-state index contributed by atoms with van der Waals surface area (Å²) in [6.07, 6.45) is 3.71. The van der Waals surface area contributed by atoms with Crippen molar-refractivity contribution >= 4 is 0 Å². The van der Waals surface area contributed by atoms with E-state index in [1.807, 2.05) is 6.07 Å². The van der Waals surface area contributed by atoms with Crippen molar-refractivity contribution in [3.05, 3.63) is 23.8 Å². The number of nitrogens with two attached hydrogens (primary N) is 1. The van der Waals surface area contributed by atoms with Gasteiger partial charge in [-0.3, -0.25) is 0 Å². The molecule has 0 aliphatic carbocycles. The van der Waals surface area contributed by atoms with Crippen LogP contribution in [0.25, 0.3) is 0 Å². The SMILES string of the molecule is CCCC(OC)c1nccc(CN)n1. The molecule has 4 heteroatoms. The van der Waals surface area contributed by atoms with Crippen LogP contribution in [0.2, 0.25) is 0 Å². The first-order valence-corrected chi connectivity index (χ1v) is 4.86. The Kier molecular flexibility index (Phi) is 4.49. The second-order valence-corrected chi connectivity index (χ2v) is 3.12. The highest BCUT2D eigenvalue weighted by Crippen LogP contribution is 2.17. The van der Waals surface area contributed by atoms with Gasteiger partial charge in [0, 0.05) is 19.9 Å². The number of hydrogen-bond donors (Lipinski definition) is 1. The second kappa shape index (κ2) is 5.67.